The summed E-state index contributed by atoms with van der Waals surface area (Å²) in [4.78, 5) is 22.3. The largest absolute Gasteiger partial charge is 0.433 e. The monoisotopic (exact) mass is 256 g/mol. The lowest BCUT2D eigenvalue weighted by molar-refractivity contribution is -0.141. The van der Waals surface area contributed by atoms with Gasteiger partial charge in [0.05, 0.1) is 5.69 Å². The molecule has 1 heterocycles. The first kappa shape index (κ1) is 12.2. The number of carbonyl (C=O) groups excluding carboxylic acids is 1. The van der Waals surface area contributed by atoms with Crippen LogP contribution in [0.2, 0.25) is 0 Å². The number of rotatable bonds is 2. The fraction of sp³-hybridized carbons (Fsp3) is 0.0909. The molecule has 0 spiro atoms. The molecule has 0 unspecified atom stereocenters. The van der Waals surface area contributed by atoms with Crippen LogP contribution in [-0.4, -0.2) is 16.1 Å². The van der Waals surface area contributed by atoms with Gasteiger partial charge in [0.15, 0.2) is 12.0 Å². The zero-order valence-corrected chi connectivity index (χ0v) is 8.86. The number of nitrogens with zero attached hydrogens (tertiary/aromatic N) is 1. The Bertz CT molecular complexity index is 626. The Morgan fingerprint density at radius 3 is 2.22 bits per heavy atom. The van der Waals surface area contributed by atoms with E-state index in [9.17, 15) is 22.8 Å². The second-order valence-corrected chi connectivity index (χ2v) is 3.49. The van der Waals surface area contributed by atoms with Gasteiger partial charge in [0, 0.05) is 0 Å². The number of halogens is 3. The summed E-state index contributed by atoms with van der Waals surface area (Å²) in [7, 11) is 0. The summed E-state index contributed by atoms with van der Waals surface area (Å²) in [5.74, 6) is 0. The first-order valence-electron chi connectivity index (χ1n) is 4.88. The molecule has 0 aliphatic rings. The number of benzene rings is 1. The lowest BCUT2D eigenvalue weighted by atomic mass is 10.2. The number of alkyl halides is 3. The van der Waals surface area contributed by atoms with Crippen molar-refractivity contribution in [3.63, 3.8) is 0 Å². The maximum absolute atomic E-state index is 12.6. The van der Waals surface area contributed by atoms with Crippen LogP contribution >= 0.6 is 0 Å². The zero-order chi connectivity index (χ0) is 13.3. The highest BCUT2D eigenvalue weighted by Crippen LogP contribution is 2.28. The molecule has 2 aromatic rings. The van der Waals surface area contributed by atoms with Crippen LogP contribution in [0.25, 0.3) is 5.69 Å². The predicted octanol–water partition coefficient (Wildman–Crippen LogP) is 2.00. The lowest BCUT2D eigenvalue weighted by Crippen LogP contribution is -2.17. The van der Waals surface area contributed by atoms with Gasteiger partial charge in [-0.2, -0.15) is 13.2 Å². The summed E-state index contributed by atoms with van der Waals surface area (Å²) in [6.07, 6.45) is -4.88. The fourth-order valence-corrected chi connectivity index (χ4v) is 1.53. The van der Waals surface area contributed by atoms with Gasteiger partial charge in [-0.25, -0.2) is 4.68 Å². The van der Waals surface area contributed by atoms with E-state index in [4.69, 9.17) is 0 Å². The van der Waals surface area contributed by atoms with Crippen LogP contribution in [0.3, 0.4) is 0 Å². The first-order chi connectivity index (χ1) is 8.45. The van der Waals surface area contributed by atoms with Crippen molar-refractivity contribution in [3.8, 4) is 5.69 Å². The highest BCUT2D eigenvalue weighted by atomic mass is 19.4. The third kappa shape index (κ3) is 1.94. The number of aromatic nitrogens is 2. The Hall–Kier alpha value is -2.31. The standard InChI is InChI=1S/C11H7F3N2O2/c12-11(13,14)9-8(6-17)10(18)16(15-9)7-4-2-1-3-5-7/h1-6,15H. The SMILES string of the molecule is O=Cc1c(C(F)(F)F)[nH]n(-c2ccccc2)c1=O. The summed E-state index contributed by atoms with van der Waals surface area (Å²) in [6.45, 7) is 0. The third-order valence-electron chi connectivity index (χ3n) is 2.34. The van der Waals surface area contributed by atoms with Gasteiger partial charge < -0.3 is 0 Å². The summed E-state index contributed by atoms with van der Waals surface area (Å²) >= 11 is 0. The molecule has 1 N–H and O–H groups in total. The van der Waals surface area contributed by atoms with E-state index in [1.54, 1.807) is 18.2 Å². The van der Waals surface area contributed by atoms with E-state index in [1.807, 2.05) is 5.10 Å². The van der Waals surface area contributed by atoms with Gasteiger partial charge in [-0.3, -0.25) is 14.7 Å². The van der Waals surface area contributed by atoms with Gasteiger partial charge >= 0.3 is 6.18 Å². The highest BCUT2D eigenvalue weighted by molar-refractivity contribution is 5.76. The van der Waals surface area contributed by atoms with E-state index >= 15 is 0 Å². The number of carbonyl (C=O) groups is 1. The molecule has 1 aromatic heterocycles. The molecule has 0 fully saturated rings. The number of hydrogen-bond donors (Lipinski definition) is 1. The average molecular weight is 256 g/mol. The number of aldehydes is 1. The summed E-state index contributed by atoms with van der Waals surface area (Å²) < 4.78 is 38.5. The molecule has 4 nitrogen and oxygen atoms in total. The summed E-state index contributed by atoms with van der Waals surface area (Å²) in [5, 5.41) is 1.91. The normalized spacial score (nSPS) is 11.5. The number of H-pyrrole nitrogens is 1. The van der Waals surface area contributed by atoms with Crippen molar-refractivity contribution in [2.75, 3.05) is 0 Å². The van der Waals surface area contributed by atoms with E-state index in [0.29, 0.717) is 4.68 Å². The minimum absolute atomic E-state index is 0.0961. The quantitative estimate of drug-likeness (QED) is 0.835. The van der Waals surface area contributed by atoms with Gasteiger partial charge in [-0.1, -0.05) is 18.2 Å². The second kappa shape index (κ2) is 4.17. The van der Waals surface area contributed by atoms with Crippen molar-refractivity contribution in [3.05, 3.63) is 51.9 Å². The van der Waals surface area contributed by atoms with Crippen molar-refractivity contribution in [1.29, 1.82) is 0 Å². The van der Waals surface area contributed by atoms with E-state index in [-0.39, 0.29) is 12.0 Å². The summed E-state index contributed by atoms with van der Waals surface area (Å²) in [5.41, 5.74) is -3.07. The number of para-hydroxylation sites is 1. The van der Waals surface area contributed by atoms with Gasteiger partial charge in [0.1, 0.15) is 5.56 Å². The molecule has 7 heteroatoms. The van der Waals surface area contributed by atoms with Crippen LogP contribution in [0, 0.1) is 0 Å². The number of aromatic amines is 1. The van der Waals surface area contributed by atoms with Crippen molar-refractivity contribution in [1.82, 2.24) is 9.78 Å². The molecule has 0 radical (unpaired) electrons. The van der Waals surface area contributed by atoms with Gasteiger partial charge in [0.25, 0.3) is 5.56 Å². The van der Waals surface area contributed by atoms with Crippen molar-refractivity contribution >= 4 is 6.29 Å². The molecular formula is C11H7F3N2O2. The number of hydrogen-bond acceptors (Lipinski definition) is 2. The average Bonchev–Trinajstić information content (AvgIpc) is 2.67. The van der Waals surface area contributed by atoms with E-state index in [1.165, 1.54) is 12.1 Å². The van der Waals surface area contributed by atoms with Gasteiger partial charge in [0.2, 0.25) is 0 Å². The molecule has 2 rings (SSSR count). The van der Waals surface area contributed by atoms with E-state index < -0.39 is 23.0 Å². The molecule has 0 aliphatic carbocycles. The van der Waals surface area contributed by atoms with E-state index in [0.717, 1.165) is 0 Å². The molecule has 1 aromatic carbocycles. The fourth-order valence-electron chi connectivity index (χ4n) is 1.53. The van der Waals surface area contributed by atoms with Crippen molar-refractivity contribution < 1.29 is 18.0 Å². The Morgan fingerprint density at radius 2 is 1.78 bits per heavy atom. The Balaban J connectivity index is 2.69. The topological polar surface area (TPSA) is 54.9 Å². The Kier molecular flexibility index (Phi) is 2.82. The minimum Gasteiger partial charge on any atom is -0.298 e. The van der Waals surface area contributed by atoms with Gasteiger partial charge in [-0.05, 0) is 12.1 Å². The Labute approximate surface area is 98.6 Å². The Morgan fingerprint density at radius 1 is 1.17 bits per heavy atom. The van der Waals surface area contributed by atoms with E-state index in [2.05, 4.69) is 0 Å². The molecule has 0 bridgehead atoms. The lowest BCUT2D eigenvalue weighted by Gasteiger charge is -2.04. The zero-order valence-electron chi connectivity index (χ0n) is 8.86. The third-order valence-corrected chi connectivity index (χ3v) is 2.34. The molecule has 0 saturated heterocycles. The smallest absolute Gasteiger partial charge is 0.298 e. The second-order valence-electron chi connectivity index (χ2n) is 3.49. The number of nitrogens with one attached hydrogen (secondary N) is 1. The van der Waals surface area contributed by atoms with Crippen LogP contribution in [0.1, 0.15) is 16.1 Å². The van der Waals surface area contributed by atoms with Crippen LogP contribution < -0.4 is 5.56 Å². The molecule has 0 amide bonds. The van der Waals surface area contributed by atoms with Crippen LogP contribution in [-0.2, 0) is 6.18 Å². The molecular weight excluding hydrogens is 249 g/mol. The molecule has 94 valence electrons. The van der Waals surface area contributed by atoms with Crippen molar-refractivity contribution in [2.45, 2.75) is 6.18 Å². The van der Waals surface area contributed by atoms with Crippen molar-refractivity contribution in [2.24, 2.45) is 0 Å². The van der Waals surface area contributed by atoms with Gasteiger partial charge in [-0.15, -0.1) is 0 Å². The van der Waals surface area contributed by atoms with Crippen LogP contribution in [0.4, 0.5) is 13.2 Å². The van der Waals surface area contributed by atoms with Crippen LogP contribution in [0.15, 0.2) is 35.1 Å². The molecule has 18 heavy (non-hydrogen) atoms. The summed E-state index contributed by atoms with van der Waals surface area (Å²) in [6, 6.07) is 7.69. The van der Waals surface area contributed by atoms with Crippen LogP contribution in [0.5, 0.6) is 0 Å². The minimum atomic E-state index is -4.78. The molecule has 0 atom stereocenters. The maximum Gasteiger partial charge on any atom is 0.433 e. The highest BCUT2D eigenvalue weighted by Gasteiger charge is 2.37. The first-order valence-corrected chi connectivity index (χ1v) is 4.88. The maximum atomic E-state index is 12.6. The molecule has 0 saturated carbocycles. The predicted molar refractivity (Wildman–Crippen MR) is 56.8 cm³/mol. The molecule has 0 aliphatic heterocycles.